The molecule has 2 aliphatic heterocycles. The van der Waals surface area contributed by atoms with Crippen molar-refractivity contribution in [1.29, 1.82) is 0 Å². The second kappa shape index (κ2) is 10.8. The molecule has 8 nitrogen and oxygen atoms in total. The Morgan fingerprint density at radius 3 is 2.50 bits per heavy atom. The van der Waals surface area contributed by atoms with Crippen LogP contribution in [0.1, 0.15) is 95.2 Å². The van der Waals surface area contributed by atoms with Crippen molar-refractivity contribution in [3.8, 4) is 11.5 Å². The summed E-state index contributed by atoms with van der Waals surface area (Å²) in [5.41, 5.74) is 1.31. The second-order valence-electron chi connectivity index (χ2n) is 9.20. The predicted octanol–water partition coefficient (Wildman–Crippen LogP) is 5.01. The molecule has 0 saturated heterocycles. The molecule has 188 valence electrons. The van der Waals surface area contributed by atoms with Gasteiger partial charge in [0.15, 0.2) is 0 Å². The number of ether oxygens (including phenoxy) is 2. The number of benzene rings is 2. The lowest BCUT2D eigenvalue weighted by Gasteiger charge is -2.27. The molecular formula is C28H28O8. The molecule has 2 N–H and O–H groups in total. The summed E-state index contributed by atoms with van der Waals surface area (Å²) in [6, 6.07) is 7.57. The van der Waals surface area contributed by atoms with E-state index in [0.717, 1.165) is 0 Å². The number of carboxylic acid groups (broad SMARTS) is 1. The minimum atomic E-state index is -1.08. The van der Waals surface area contributed by atoms with Crippen LogP contribution >= 0.6 is 0 Å². The first-order valence-corrected chi connectivity index (χ1v) is 12.1. The molecule has 0 aliphatic carbocycles. The summed E-state index contributed by atoms with van der Waals surface area (Å²) in [6.07, 6.45) is 6.25. The molecule has 0 radical (unpaired) electrons. The molecule has 0 saturated carbocycles. The van der Waals surface area contributed by atoms with Gasteiger partial charge in [-0.3, -0.25) is 9.59 Å². The van der Waals surface area contributed by atoms with Crippen molar-refractivity contribution in [1.82, 2.24) is 0 Å². The van der Waals surface area contributed by atoms with E-state index < -0.39 is 29.9 Å². The summed E-state index contributed by atoms with van der Waals surface area (Å²) in [7, 11) is 0. The largest absolute Gasteiger partial charge is 0.507 e. The number of phenols is 1. The number of aromatic hydroxyl groups is 1. The molecule has 0 spiro atoms. The van der Waals surface area contributed by atoms with Crippen LogP contribution in [0.4, 0.5) is 0 Å². The van der Waals surface area contributed by atoms with Crippen molar-refractivity contribution in [2.24, 2.45) is 0 Å². The Labute approximate surface area is 208 Å². The van der Waals surface area contributed by atoms with Crippen molar-refractivity contribution in [3.63, 3.8) is 0 Å². The van der Waals surface area contributed by atoms with Gasteiger partial charge in [-0.15, -0.1) is 0 Å². The van der Waals surface area contributed by atoms with Crippen LogP contribution in [-0.4, -0.2) is 40.0 Å². The fourth-order valence-corrected chi connectivity index (χ4v) is 4.66. The number of carboxylic acids is 1. The Bertz CT molecular complexity index is 1230. The third-order valence-corrected chi connectivity index (χ3v) is 6.54. The minimum Gasteiger partial charge on any atom is -0.507 e. The first-order chi connectivity index (χ1) is 17.2. The molecule has 8 heteroatoms. The number of aromatic carboxylic acids is 1. The number of allylic oxidation sites excluding steroid dienone is 1. The van der Waals surface area contributed by atoms with E-state index in [1.807, 2.05) is 6.08 Å². The standard InChI is InChI=1S/C28H28O8/c1-16-6-5-9-20(29)8-4-2-3-7-19-14-22-25(26(31)24(19)28(34)35-16)21(15-23(30)36-22)17-10-12-18(13-11-17)27(32)33/h3,7,10-14,16,21,31H,2,4-6,8-9,15H2,1H3,(H,32,33)/t16-,21-/m1/s1. The number of fused-ring (bicyclic) bond motifs is 2. The highest BCUT2D eigenvalue weighted by atomic mass is 16.5. The number of esters is 2. The molecule has 2 aliphatic rings. The topological polar surface area (TPSA) is 127 Å². The predicted molar refractivity (Wildman–Crippen MR) is 130 cm³/mol. The Hall–Kier alpha value is -3.94. The van der Waals surface area contributed by atoms with Crippen LogP contribution in [0, 0.1) is 0 Å². The van der Waals surface area contributed by atoms with Gasteiger partial charge in [0.2, 0.25) is 0 Å². The molecule has 36 heavy (non-hydrogen) atoms. The van der Waals surface area contributed by atoms with Gasteiger partial charge in [-0.1, -0.05) is 24.3 Å². The average Bonchev–Trinajstić information content (AvgIpc) is 2.82. The molecule has 2 atom stereocenters. The zero-order valence-corrected chi connectivity index (χ0v) is 20.0. The van der Waals surface area contributed by atoms with E-state index >= 15 is 0 Å². The smallest absolute Gasteiger partial charge is 0.342 e. The fraction of sp³-hybridized carbons (Fsp3) is 0.357. The molecule has 2 aromatic carbocycles. The maximum atomic E-state index is 13.2. The number of Topliss-reactive ketones (excluding diaryl/α,β-unsaturated/α-hetero) is 1. The van der Waals surface area contributed by atoms with E-state index in [-0.39, 0.29) is 40.4 Å². The molecular weight excluding hydrogens is 464 g/mol. The third-order valence-electron chi connectivity index (χ3n) is 6.54. The Morgan fingerprint density at radius 1 is 1.06 bits per heavy atom. The highest BCUT2D eigenvalue weighted by Crippen LogP contribution is 2.47. The van der Waals surface area contributed by atoms with Gasteiger partial charge < -0.3 is 19.7 Å². The lowest BCUT2D eigenvalue weighted by atomic mass is 9.83. The lowest BCUT2D eigenvalue weighted by Crippen LogP contribution is -2.23. The number of hydrogen-bond acceptors (Lipinski definition) is 7. The fourth-order valence-electron chi connectivity index (χ4n) is 4.66. The van der Waals surface area contributed by atoms with Gasteiger partial charge in [0.1, 0.15) is 22.8 Å². The second-order valence-corrected chi connectivity index (χ2v) is 9.20. The number of hydrogen-bond donors (Lipinski definition) is 2. The highest BCUT2D eigenvalue weighted by molar-refractivity contribution is 5.98. The zero-order valence-electron chi connectivity index (χ0n) is 20.0. The number of carbonyl (C=O) groups is 4. The van der Waals surface area contributed by atoms with Crippen molar-refractivity contribution in [3.05, 3.63) is 64.2 Å². The van der Waals surface area contributed by atoms with Crippen molar-refractivity contribution in [2.45, 2.75) is 63.9 Å². The first kappa shape index (κ1) is 25.2. The third kappa shape index (κ3) is 5.48. The SMILES string of the molecule is C[C@@H]1CCCC(=O)CCCC=Cc2cc3c(c(O)c2C(=O)O1)[C@@H](c1ccc(C(=O)O)cc1)CC(=O)O3. The normalized spacial score (nSPS) is 21.0. The van der Waals surface area contributed by atoms with Crippen LogP contribution in [0.2, 0.25) is 0 Å². The Kier molecular flexibility index (Phi) is 7.52. The summed E-state index contributed by atoms with van der Waals surface area (Å²) in [4.78, 5) is 48.9. The summed E-state index contributed by atoms with van der Waals surface area (Å²) in [6.45, 7) is 1.74. The van der Waals surface area contributed by atoms with Crippen LogP contribution in [0.3, 0.4) is 0 Å². The van der Waals surface area contributed by atoms with E-state index in [2.05, 4.69) is 0 Å². The summed E-state index contributed by atoms with van der Waals surface area (Å²) in [5, 5.41) is 20.6. The van der Waals surface area contributed by atoms with Crippen molar-refractivity contribution < 1.29 is 38.9 Å². The van der Waals surface area contributed by atoms with Gasteiger partial charge in [-0.25, -0.2) is 9.59 Å². The lowest BCUT2D eigenvalue weighted by molar-refractivity contribution is -0.135. The zero-order chi connectivity index (χ0) is 25.8. The van der Waals surface area contributed by atoms with Gasteiger partial charge >= 0.3 is 17.9 Å². The van der Waals surface area contributed by atoms with E-state index in [9.17, 15) is 29.4 Å². The quantitative estimate of drug-likeness (QED) is 0.442. The molecule has 0 unspecified atom stereocenters. The number of rotatable bonds is 2. The monoisotopic (exact) mass is 492 g/mol. The molecule has 0 amide bonds. The molecule has 0 fully saturated rings. The molecule has 0 aromatic heterocycles. The van der Waals surface area contributed by atoms with Crippen molar-refractivity contribution >= 4 is 29.8 Å². The summed E-state index contributed by atoms with van der Waals surface area (Å²) >= 11 is 0. The van der Waals surface area contributed by atoms with Gasteiger partial charge in [0, 0.05) is 24.3 Å². The number of carbonyl (C=O) groups excluding carboxylic acids is 3. The van der Waals surface area contributed by atoms with Crippen LogP contribution in [-0.2, 0) is 14.3 Å². The molecule has 0 bridgehead atoms. The maximum Gasteiger partial charge on any atom is 0.342 e. The first-order valence-electron chi connectivity index (χ1n) is 12.1. The molecule has 4 rings (SSSR count). The highest BCUT2D eigenvalue weighted by Gasteiger charge is 2.35. The molecule has 2 aromatic rings. The van der Waals surface area contributed by atoms with Gasteiger partial charge in [0.25, 0.3) is 0 Å². The summed E-state index contributed by atoms with van der Waals surface area (Å²) in [5.74, 6) is -2.94. The maximum absolute atomic E-state index is 13.2. The Morgan fingerprint density at radius 2 is 1.78 bits per heavy atom. The minimum absolute atomic E-state index is 0.0184. The van der Waals surface area contributed by atoms with Crippen LogP contribution in [0.15, 0.2) is 36.4 Å². The van der Waals surface area contributed by atoms with Gasteiger partial charge in [-0.2, -0.15) is 0 Å². The van der Waals surface area contributed by atoms with Gasteiger partial charge in [-0.05, 0) is 61.9 Å². The Balaban J connectivity index is 1.80. The van der Waals surface area contributed by atoms with Crippen molar-refractivity contribution in [2.75, 3.05) is 0 Å². The number of phenolic OH excluding ortho intramolecular Hbond substituents is 1. The van der Waals surface area contributed by atoms with Crippen LogP contribution in [0.5, 0.6) is 11.5 Å². The van der Waals surface area contributed by atoms with E-state index in [0.29, 0.717) is 49.7 Å². The van der Waals surface area contributed by atoms with Crippen LogP contribution in [0.25, 0.3) is 6.08 Å². The summed E-state index contributed by atoms with van der Waals surface area (Å²) < 4.78 is 11.1. The average molecular weight is 493 g/mol. The van der Waals surface area contributed by atoms with E-state index in [4.69, 9.17) is 9.47 Å². The number of ketones is 1. The number of cyclic esters (lactones) is 1. The van der Waals surface area contributed by atoms with Gasteiger partial charge in [0.05, 0.1) is 18.1 Å². The van der Waals surface area contributed by atoms with Crippen LogP contribution < -0.4 is 4.74 Å². The van der Waals surface area contributed by atoms with E-state index in [1.165, 1.54) is 12.1 Å². The molecule has 2 heterocycles. The van der Waals surface area contributed by atoms with E-state index in [1.54, 1.807) is 31.2 Å².